The van der Waals surface area contributed by atoms with Gasteiger partial charge in [-0.3, -0.25) is 9.59 Å². The zero-order chi connectivity index (χ0) is 17.6. The second-order valence-corrected chi connectivity index (χ2v) is 5.46. The second-order valence-electron chi connectivity index (χ2n) is 5.46. The molecule has 0 saturated heterocycles. The number of pyridine rings is 1. The quantitative estimate of drug-likeness (QED) is 0.741. The molecule has 0 radical (unpaired) electrons. The van der Waals surface area contributed by atoms with E-state index in [1.165, 1.54) is 24.7 Å². The van der Waals surface area contributed by atoms with Crippen LogP contribution in [0.1, 0.15) is 21.6 Å². The Bertz CT molecular complexity index is 902. The maximum Gasteiger partial charge on any atom is 0.272 e. The number of hydrogen-bond acceptors (Lipinski definition) is 5. The highest BCUT2D eigenvalue weighted by molar-refractivity contribution is 5.95. The predicted octanol–water partition coefficient (Wildman–Crippen LogP) is 1.88. The van der Waals surface area contributed by atoms with E-state index < -0.39 is 5.91 Å². The minimum absolute atomic E-state index is 0.0247. The Kier molecular flexibility index (Phi) is 4.94. The summed E-state index contributed by atoms with van der Waals surface area (Å²) in [6.07, 6.45) is 4.49. The average Bonchev–Trinajstić information content (AvgIpc) is 3.15. The van der Waals surface area contributed by atoms with Gasteiger partial charge in [-0.1, -0.05) is 35.5 Å². The number of aromatic nitrogens is 2. The van der Waals surface area contributed by atoms with Crippen LogP contribution in [0, 0.1) is 0 Å². The molecule has 1 N–H and O–H groups in total. The molecule has 0 aliphatic heterocycles. The molecule has 25 heavy (non-hydrogen) atoms. The van der Waals surface area contributed by atoms with Gasteiger partial charge in [0.2, 0.25) is 5.43 Å². The van der Waals surface area contributed by atoms with Crippen LogP contribution in [0.15, 0.2) is 64.4 Å². The molecule has 0 aliphatic rings. The van der Waals surface area contributed by atoms with Crippen LogP contribution < -0.4 is 15.5 Å². The first-order chi connectivity index (χ1) is 12.1. The van der Waals surface area contributed by atoms with E-state index in [1.807, 2.05) is 30.3 Å². The molecule has 7 nitrogen and oxygen atoms in total. The number of benzene rings is 1. The highest BCUT2D eigenvalue weighted by atomic mass is 16.5. The van der Waals surface area contributed by atoms with E-state index in [0.29, 0.717) is 0 Å². The van der Waals surface area contributed by atoms with Crippen LogP contribution in [0.3, 0.4) is 0 Å². The maximum atomic E-state index is 12.5. The number of amides is 1. The molecule has 1 amide bonds. The maximum absolute atomic E-state index is 12.5. The fourth-order valence-electron chi connectivity index (χ4n) is 2.32. The van der Waals surface area contributed by atoms with Gasteiger partial charge in [0.1, 0.15) is 12.9 Å². The van der Waals surface area contributed by atoms with Crippen molar-refractivity contribution in [2.24, 2.45) is 7.05 Å². The summed E-state index contributed by atoms with van der Waals surface area (Å²) in [7, 11) is 1.68. The van der Waals surface area contributed by atoms with E-state index >= 15 is 0 Å². The first-order valence-electron chi connectivity index (χ1n) is 7.68. The van der Waals surface area contributed by atoms with Crippen LogP contribution in [0.2, 0.25) is 0 Å². The summed E-state index contributed by atoms with van der Waals surface area (Å²) >= 11 is 0. The largest absolute Gasteiger partial charge is 0.483 e. The van der Waals surface area contributed by atoms with Crippen LogP contribution in [-0.2, 0) is 20.2 Å². The normalized spacial score (nSPS) is 10.4. The Balaban J connectivity index is 1.81. The van der Waals surface area contributed by atoms with Crippen molar-refractivity contribution >= 4 is 5.91 Å². The molecule has 1 aromatic carbocycles. The summed E-state index contributed by atoms with van der Waals surface area (Å²) in [4.78, 5) is 24.8. The third-order valence-corrected chi connectivity index (χ3v) is 3.62. The number of nitrogens with zero attached hydrogens (tertiary/aromatic N) is 2. The second kappa shape index (κ2) is 7.48. The SMILES string of the molecule is Cn1ccc(=O)c(OCc2ccccc2)c1C(=O)NCc1cnoc1. The van der Waals surface area contributed by atoms with Crippen molar-refractivity contribution in [2.75, 3.05) is 0 Å². The Morgan fingerprint density at radius 1 is 1.24 bits per heavy atom. The van der Waals surface area contributed by atoms with Crippen molar-refractivity contribution in [1.82, 2.24) is 15.0 Å². The summed E-state index contributed by atoms with van der Waals surface area (Å²) in [5.41, 5.74) is 1.45. The average molecular weight is 339 g/mol. The van der Waals surface area contributed by atoms with E-state index in [4.69, 9.17) is 9.26 Å². The summed E-state index contributed by atoms with van der Waals surface area (Å²) in [5.74, 6) is -0.388. The molecule has 0 unspecified atom stereocenters. The molecule has 0 aliphatic carbocycles. The highest BCUT2D eigenvalue weighted by Crippen LogP contribution is 2.15. The number of ether oxygens (including phenoxy) is 1. The fourth-order valence-corrected chi connectivity index (χ4v) is 2.32. The minimum atomic E-state index is -0.413. The van der Waals surface area contributed by atoms with E-state index in [9.17, 15) is 9.59 Å². The van der Waals surface area contributed by atoms with Crippen LogP contribution in [0.25, 0.3) is 0 Å². The number of carbonyl (C=O) groups is 1. The van der Waals surface area contributed by atoms with Crippen molar-refractivity contribution in [2.45, 2.75) is 13.2 Å². The third kappa shape index (κ3) is 3.95. The van der Waals surface area contributed by atoms with Gasteiger partial charge in [-0.2, -0.15) is 0 Å². The molecule has 0 atom stereocenters. The van der Waals surface area contributed by atoms with Gasteiger partial charge in [0, 0.05) is 31.4 Å². The van der Waals surface area contributed by atoms with Gasteiger partial charge >= 0.3 is 0 Å². The van der Waals surface area contributed by atoms with Gasteiger partial charge in [0.25, 0.3) is 5.91 Å². The number of hydrogen-bond donors (Lipinski definition) is 1. The zero-order valence-electron chi connectivity index (χ0n) is 13.6. The van der Waals surface area contributed by atoms with Gasteiger partial charge < -0.3 is 19.1 Å². The first-order valence-corrected chi connectivity index (χ1v) is 7.68. The lowest BCUT2D eigenvalue weighted by molar-refractivity contribution is 0.0936. The van der Waals surface area contributed by atoms with Gasteiger partial charge in [-0.15, -0.1) is 0 Å². The van der Waals surface area contributed by atoms with E-state index in [2.05, 4.69) is 10.5 Å². The molecule has 0 spiro atoms. The Morgan fingerprint density at radius 2 is 2.04 bits per heavy atom. The standard InChI is InChI=1S/C18H17N3O4/c1-21-8-7-15(22)17(24-11-13-5-3-2-4-6-13)16(21)18(23)19-9-14-10-20-25-12-14/h2-8,10,12H,9,11H2,1H3,(H,19,23). The molecular formula is C18H17N3O4. The minimum Gasteiger partial charge on any atom is -0.483 e. The first kappa shape index (κ1) is 16.5. The smallest absolute Gasteiger partial charge is 0.272 e. The monoisotopic (exact) mass is 339 g/mol. The summed E-state index contributed by atoms with van der Waals surface area (Å²) in [5, 5.41) is 6.31. The van der Waals surface area contributed by atoms with Crippen molar-refractivity contribution in [3.8, 4) is 5.75 Å². The molecule has 7 heteroatoms. The molecule has 128 valence electrons. The number of carbonyl (C=O) groups excluding carboxylic acids is 1. The van der Waals surface area contributed by atoms with E-state index in [0.717, 1.165) is 11.1 Å². The van der Waals surface area contributed by atoms with Gasteiger partial charge in [0.05, 0.1) is 6.20 Å². The van der Waals surface area contributed by atoms with Crippen molar-refractivity contribution in [1.29, 1.82) is 0 Å². The molecular weight excluding hydrogens is 322 g/mol. The lowest BCUT2D eigenvalue weighted by Gasteiger charge is -2.14. The van der Waals surface area contributed by atoms with E-state index in [1.54, 1.807) is 11.6 Å². The summed E-state index contributed by atoms with van der Waals surface area (Å²) in [6.45, 7) is 0.440. The Hall–Kier alpha value is -3.35. The molecule has 0 saturated carbocycles. The Labute approximate surface area is 143 Å². The molecule has 2 aromatic heterocycles. The van der Waals surface area contributed by atoms with Crippen LogP contribution in [-0.4, -0.2) is 15.6 Å². The fraction of sp³-hybridized carbons (Fsp3) is 0.167. The van der Waals surface area contributed by atoms with Crippen molar-refractivity contribution < 1.29 is 14.1 Å². The lowest BCUT2D eigenvalue weighted by atomic mass is 10.2. The number of nitrogens with one attached hydrogen (secondary N) is 1. The van der Waals surface area contributed by atoms with Crippen molar-refractivity contribution in [3.63, 3.8) is 0 Å². The van der Waals surface area contributed by atoms with Crippen LogP contribution >= 0.6 is 0 Å². The molecule has 0 fully saturated rings. The predicted molar refractivity (Wildman–Crippen MR) is 90.1 cm³/mol. The number of rotatable bonds is 6. The molecule has 2 heterocycles. The Morgan fingerprint density at radius 3 is 2.76 bits per heavy atom. The number of aryl methyl sites for hydroxylation is 1. The van der Waals surface area contributed by atoms with Gasteiger partial charge in [-0.05, 0) is 5.56 Å². The third-order valence-electron chi connectivity index (χ3n) is 3.62. The topological polar surface area (TPSA) is 86.4 Å². The molecule has 3 aromatic rings. The lowest BCUT2D eigenvalue weighted by Crippen LogP contribution is -2.28. The summed E-state index contributed by atoms with van der Waals surface area (Å²) < 4.78 is 12.0. The van der Waals surface area contributed by atoms with E-state index in [-0.39, 0.29) is 30.0 Å². The van der Waals surface area contributed by atoms with Gasteiger partial charge in [-0.25, -0.2) is 0 Å². The van der Waals surface area contributed by atoms with Crippen LogP contribution in [0.4, 0.5) is 0 Å². The highest BCUT2D eigenvalue weighted by Gasteiger charge is 2.19. The zero-order valence-corrected chi connectivity index (χ0v) is 13.6. The summed E-state index contributed by atoms with van der Waals surface area (Å²) in [6, 6.07) is 10.8. The van der Waals surface area contributed by atoms with Crippen LogP contribution in [0.5, 0.6) is 5.75 Å². The molecule has 0 bridgehead atoms. The molecule has 3 rings (SSSR count). The van der Waals surface area contributed by atoms with Crippen molar-refractivity contribution in [3.05, 3.63) is 82.1 Å². The van der Waals surface area contributed by atoms with Gasteiger partial charge in [0.15, 0.2) is 11.4 Å².